The van der Waals surface area contributed by atoms with Crippen molar-refractivity contribution >= 4 is 5.69 Å². The summed E-state index contributed by atoms with van der Waals surface area (Å²) in [6.07, 6.45) is -0.0800. The zero-order valence-corrected chi connectivity index (χ0v) is 6.71. The number of nitrogens with two attached hydrogens (primary N) is 1. The number of hydrogen-bond acceptors (Lipinski definition) is 3. The molecule has 13 heavy (non-hydrogen) atoms. The molecular formula is C9H6FN3. The lowest BCUT2D eigenvalue weighted by molar-refractivity contribution is 0.616. The Morgan fingerprint density at radius 2 is 2.08 bits per heavy atom. The van der Waals surface area contributed by atoms with Crippen LogP contribution in [0.5, 0.6) is 0 Å². The summed E-state index contributed by atoms with van der Waals surface area (Å²) in [4.78, 5) is 0. The van der Waals surface area contributed by atoms with Gasteiger partial charge in [-0.15, -0.1) is 0 Å². The standard InChI is InChI=1S/C9H6FN3/c10-8-3-6(5-12)4-9(13)7(8)1-2-11/h3-4H,1,13H2. The lowest BCUT2D eigenvalue weighted by Crippen LogP contribution is -1.98. The van der Waals surface area contributed by atoms with Gasteiger partial charge in [0.2, 0.25) is 0 Å². The molecule has 0 aliphatic carbocycles. The van der Waals surface area contributed by atoms with E-state index in [1.807, 2.05) is 0 Å². The van der Waals surface area contributed by atoms with Crippen molar-refractivity contribution in [1.29, 1.82) is 10.5 Å². The van der Waals surface area contributed by atoms with Gasteiger partial charge in [0.05, 0.1) is 24.1 Å². The Labute approximate surface area is 74.8 Å². The molecule has 0 heterocycles. The Morgan fingerprint density at radius 1 is 1.38 bits per heavy atom. The summed E-state index contributed by atoms with van der Waals surface area (Å²) in [7, 11) is 0. The minimum atomic E-state index is -0.599. The smallest absolute Gasteiger partial charge is 0.130 e. The van der Waals surface area contributed by atoms with E-state index in [1.54, 1.807) is 12.1 Å². The maximum absolute atomic E-state index is 13.1. The van der Waals surface area contributed by atoms with Gasteiger partial charge in [0.25, 0.3) is 0 Å². The summed E-state index contributed by atoms with van der Waals surface area (Å²) in [5.74, 6) is -0.599. The highest BCUT2D eigenvalue weighted by Crippen LogP contribution is 2.18. The molecule has 0 aliphatic heterocycles. The molecule has 4 heteroatoms. The number of anilines is 1. The molecule has 0 spiro atoms. The number of hydrogen-bond donors (Lipinski definition) is 1. The van der Waals surface area contributed by atoms with Gasteiger partial charge in [-0.1, -0.05) is 0 Å². The fourth-order valence-corrected chi connectivity index (χ4v) is 0.988. The van der Waals surface area contributed by atoms with Crippen molar-refractivity contribution in [2.75, 3.05) is 5.73 Å². The second-order valence-corrected chi connectivity index (χ2v) is 2.47. The molecule has 3 nitrogen and oxygen atoms in total. The van der Waals surface area contributed by atoms with Gasteiger partial charge < -0.3 is 5.73 Å². The van der Waals surface area contributed by atoms with E-state index in [2.05, 4.69) is 0 Å². The Kier molecular flexibility index (Phi) is 2.47. The van der Waals surface area contributed by atoms with Crippen LogP contribution < -0.4 is 5.73 Å². The van der Waals surface area contributed by atoms with Crippen molar-refractivity contribution in [3.63, 3.8) is 0 Å². The fraction of sp³-hybridized carbons (Fsp3) is 0.111. The maximum atomic E-state index is 13.1. The van der Waals surface area contributed by atoms with Crippen molar-refractivity contribution in [2.24, 2.45) is 0 Å². The van der Waals surface area contributed by atoms with E-state index >= 15 is 0 Å². The largest absolute Gasteiger partial charge is 0.398 e. The topological polar surface area (TPSA) is 73.6 Å². The summed E-state index contributed by atoms with van der Waals surface area (Å²) >= 11 is 0. The van der Waals surface area contributed by atoms with Gasteiger partial charge in [0.1, 0.15) is 5.82 Å². The molecule has 0 aromatic heterocycles. The van der Waals surface area contributed by atoms with Crippen LogP contribution in [-0.2, 0) is 6.42 Å². The minimum Gasteiger partial charge on any atom is -0.398 e. The van der Waals surface area contributed by atoms with Crippen LogP contribution in [0.2, 0.25) is 0 Å². The Balaban J connectivity index is 3.26. The van der Waals surface area contributed by atoms with E-state index in [-0.39, 0.29) is 23.2 Å². The van der Waals surface area contributed by atoms with Crippen LogP contribution in [0, 0.1) is 28.5 Å². The molecule has 0 aliphatic rings. The lowest BCUT2D eigenvalue weighted by atomic mass is 10.1. The second kappa shape index (κ2) is 3.55. The van der Waals surface area contributed by atoms with Crippen LogP contribution >= 0.6 is 0 Å². The Bertz CT molecular complexity index is 389. The van der Waals surface area contributed by atoms with E-state index in [1.165, 1.54) is 6.07 Å². The first-order valence-corrected chi connectivity index (χ1v) is 3.54. The molecule has 0 atom stereocenters. The number of nitrogen functional groups attached to an aromatic ring is 1. The summed E-state index contributed by atoms with van der Waals surface area (Å²) in [6.45, 7) is 0. The van der Waals surface area contributed by atoms with E-state index in [0.29, 0.717) is 0 Å². The Morgan fingerprint density at radius 3 is 2.54 bits per heavy atom. The molecule has 0 bridgehead atoms. The molecule has 1 rings (SSSR count). The van der Waals surface area contributed by atoms with Crippen molar-refractivity contribution in [3.05, 3.63) is 29.1 Å². The molecule has 2 N–H and O–H groups in total. The molecule has 0 unspecified atom stereocenters. The third-order valence-electron chi connectivity index (χ3n) is 1.61. The number of nitriles is 2. The van der Waals surface area contributed by atoms with Gasteiger partial charge in [-0.25, -0.2) is 4.39 Å². The van der Waals surface area contributed by atoms with Crippen LogP contribution in [0.25, 0.3) is 0 Å². The highest BCUT2D eigenvalue weighted by Gasteiger charge is 2.07. The lowest BCUT2D eigenvalue weighted by Gasteiger charge is -2.02. The average Bonchev–Trinajstić information content (AvgIpc) is 2.11. The third kappa shape index (κ3) is 1.74. The zero-order valence-electron chi connectivity index (χ0n) is 6.71. The van der Waals surface area contributed by atoms with E-state index in [4.69, 9.17) is 16.3 Å². The average molecular weight is 175 g/mol. The number of nitrogens with zero attached hydrogens (tertiary/aromatic N) is 2. The predicted molar refractivity (Wildman–Crippen MR) is 44.8 cm³/mol. The SMILES string of the molecule is N#CCc1c(N)cc(C#N)cc1F. The van der Waals surface area contributed by atoms with E-state index in [9.17, 15) is 4.39 Å². The number of benzene rings is 1. The Hall–Kier alpha value is -2.07. The number of rotatable bonds is 1. The first-order chi connectivity index (χ1) is 6.19. The van der Waals surface area contributed by atoms with Gasteiger partial charge in [-0.05, 0) is 12.1 Å². The first kappa shape index (κ1) is 9.02. The maximum Gasteiger partial charge on any atom is 0.130 e. The van der Waals surface area contributed by atoms with Crippen molar-refractivity contribution in [1.82, 2.24) is 0 Å². The quantitative estimate of drug-likeness (QED) is 0.654. The van der Waals surface area contributed by atoms with Crippen LogP contribution in [0.4, 0.5) is 10.1 Å². The van der Waals surface area contributed by atoms with Crippen molar-refractivity contribution in [2.45, 2.75) is 6.42 Å². The normalized spacial score (nSPS) is 8.85. The molecule has 0 saturated carbocycles. The molecular weight excluding hydrogens is 169 g/mol. The molecule has 64 valence electrons. The first-order valence-electron chi connectivity index (χ1n) is 3.54. The van der Waals surface area contributed by atoms with Crippen molar-refractivity contribution < 1.29 is 4.39 Å². The second-order valence-electron chi connectivity index (χ2n) is 2.47. The van der Waals surface area contributed by atoms with Crippen LogP contribution in [0.3, 0.4) is 0 Å². The van der Waals surface area contributed by atoms with Gasteiger partial charge >= 0.3 is 0 Å². The van der Waals surface area contributed by atoms with Gasteiger partial charge in [0, 0.05) is 11.3 Å². The minimum absolute atomic E-state index is 0.0800. The molecule has 1 aromatic carbocycles. The van der Waals surface area contributed by atoms with Gasteiger partial charge in [-0.3, -0.25) is 0 Å². The molecule has 0 fully saturated rings. The molecule has 0 saturated heterocycles. The van der Waals surface area contributed by atoms with E-state index in [0.717, 1.165) is 6.07 Å². The molecule has 0 amide bonds. The number of halogens is 1. The van der Waals surface area contributed by atoms with E-state index < -0.39 is 5.82 Å². The highest BCUT2D eigenvalue weighted by molar-refractivity contribution is 5.53. The van der Waals surface area contributed by atoms with Gasteiger partial charge in [-0.2, -0.15) is 10.5 Å². The molecule has 1 aromatic rings. The molecule has 0 radical (unpaired) electrons. The summed E-state index contributed by atoms with van der Waals surface area (Å²) in [5.41, 5.74) is 5.91. The highest BCUT2D eigenvalue weighted by atomic mass is 19.1. The zero-order chi connectivity index (χ0) is 9.84. The summed E-state index contributed by atoms with van der Waals surface area (Å²) < 4.78 is 13.1. The van der Waals surface area contributed by atoms with Crippen LogP contribution in [0.1, 0.15) is 11.1 Å². The summed E-state index contributed by atoms with van der Waals surface area (Å²) in [6, 6.07) is 6.00. The van der Waals surface area contributed by atoms with Crippen molar-refractivity contribution in [3.8, 4) is 12.1 Å². The monoisotopic (exact) mass is 175 g/mol. The fourth-order valence-electron chi connectivity index (χ4n) is 0.988. The third-order valence-corrected chi connectivity index (χ3v) is 1.61. The van der Waals surface area contributed by atoms with Gasteiger partial charge in [0.15, 0.2) is 0 Å². The predicted octanol–water partition coefficient (Wildman–Crippen LogP) is 1.35. The van der Waals surface area contributed by atoms with Crippen LogP contribution in [-0.4, -0.2) is 0 Å². The summed E-state index contributed by atoms with van der Waals surface area (Å²) in [5, 5.41) is 16.8. The van der Waals surface area contributed by atoms with Crippen LogP contribution in [0.15, 0.2) is 12.1 Å².